The van der Waals surface area contributed by atoms with E-state index in [2.05, 4.69) is 94.4 Å². The average molecular weight is 414 g/mol. The molecule has 0 radical (unpaired) electrons. The van der Waals surface area contributed by atoms with Crippen LogP contribution < -0.4 is 5.46 Å². The van der Waals surface area contributed by atoms with E-state index in [1.165, 1.54) is 36.8 Å². The van der Waals surface area contributed by atoms with Crippen molar-refractivity contribution in [3.8, 4) is 11.1 Å². The van der Waals surface area contributed by atoms with Gasteiger partial charge in [0.25, 0.3) is 0 Å². The van der Waals surface area contributed by atoms with E-state index in [9.17, 15) is 0 Å². The maximum absolute atomic E-state index is 6.45. The first kappa shape index (κ1) is 21.1. The number of thiophene rings is 1. The van der Waals surface area contributed by atoms with E-state index >= 15 is 0 Å². The second-order valence-corrected chi connectivity index (χ2v) is 10.2. The van der Waals surface area contributed by atoms with Crippen LogP contribution in [0.25, 0.3) is 31.3 Å². The molecule has 3 heteroatoms. The second-order valence-electron chi connectivity index (χ2n) is 9.14. The highest BCUT2D eigenvalue weighted by Gasteiger charge is 2.49. The molecule has 154 valence electrons. The third-order valence-corrected chi connectivity index (χ3v) is 7.87. The minimum absolute atomic E-state index is 0.107. The van der Waals surface area contributed by atoms with E-state index in [0.29, 0.717) is 0 Å². The van der Waals surface area contributed by atoms with E-state index < -0.39 is 0 Å². The molecule has 0 atom stereocenters. The van der Waals surface area contributed by atoms with E-state index in [0.717, 1.165) is 6.32 Å². The zero-order valence-corrected chi connectivity index (χ0v) is 19.8. The second kappa shape index (κ2) is 7.87. The Hall–Kier alpha value is -2.10. The Morgan fingerprint density at radius 2 is 1.47 bits per heavy atom. The topological polar surface area (TPSA) is 9.23 Å². The van der Waals surface area contributed by atoms with Crippen LogP contribution in [0.2, 0.25) is 6.32 Å². The number of benzene rings is 3. The SMILES string of the molecule is CC.CC1(C)CB(c2cccc(-c3ccc4c(c3)sc3ccccc34)c2)OC1(C)C. The van der Waals surface area contributed by atoms with Gasteiger partial charge in [0.1, 0.15) is 0 Å². The molecule has 1 nitrogen and oxygen atoms in total. The molecule has 1 fully saturated rings. The number of hydrogen-bond donors (Lipinski definition) is 0. The lowest BCUT2D eigenvalue weighted by atomic mass is 9.54. The zero-order valence-electron chi connectivity index (χ0n) is 19.0. The van der Waals surface area contributed by atoms with Gasteiger partial charge >= 0.3 is 6.92 Å². The first-order chi connectivity index (χ1) is 14.3. The Morgan fingerprint density at radius 3 is 2.20 bits per heavy atom. The van der Waals surface area contributed by atoms with Crippen LogP contribution in [0.4, 0.5) is 0 Å². The summed E-state index contributed by atoms with van der Waals surface area (Å²) in [5.41, 5.74) is 3.89. The van der Waals surface area contributed by atoms with Gasteiger partial charge in [-0.3, -0.25) is 0 Å². The summed E-state index contributed by atoms with van der Waals surface area (Å²) in [6, 6.07) is 24.4. The Kier molecular flexibility index (Phi) is 5.55. The molecule has 5 rings (SSSR count). The smallest absolute Gasteiger partial charge is 0.327 e. The lowest BCUT2D eigenvalue weighted by Gasteiger charge is -2.34. The summed E-state index contributed by atoms with van der Waals surface area (Å²) in [4.78, 5) is 0. The first-order valence-corrected chi connectivity index (χ1v) is 11.9. The molecule has 30 heavy (non-hydrogen) atoms. The molecule has 0 amide bonds. The molecule has 2 heterocycles. The summed E-state index contributed by atoms with van der Waals surface area (Å²) in [6.07, 6.45) is 1.05. The first-order valence-electron chi connectivity index (χ1n) is 11.0. The predicted molar refractivity (Wildman–Crippen MR) is 135 cm³/mol. The maximum atomic E-state index is 6.45. The summed E-state index contributed by atoms with van der Waals surface area (Å²) in [5.74, 6) is 0. The van der Waals surface area contributed by atoms with Crippen molar-refractivity contribution in [3.05, 3.63) is 66.7 Å². The fourth-order valence-electron chi connectivity index (χ4n) is 4.28. The molecule has 0 aliphatic carbocycles. The molecule has 0 unspecified atom stereocenters. The highest BCUT2D eigenvalue weighted by Crippen LogP contribution is 2.45. The van der Waals surface area contributed by atoms with Gasteiger partial charge in [0.05, 0.1) is 5.60 Å². The fourth-order valence-corrected chi connectivity index (χ4v) is 5.42. The van der Waals surface area contributed by atoms with Gasteiger partial charge in [-0.05, 0) is 54.3 Å². The van der Waals surface area contributed by atoms with Gasteiger partial charge < -0.3 is 4.65 Å². The Bertz CT molecular complexity index is 1170. The zero-order chi connectivity index (χ0) is 21.5. The van der Waals surface area contributed by atoms with Crippen molar-refractivity contribution < 1.29 is 4.65 Å². The van der Waals surface area contributed by atoms with Crippen LogP contribution in [0.1, 0.15) is 41.5 Å². The third-order valence-electron chi connectivity index (χ3n) is 6.73. The summed E-state index contributed by atoms with van der Waals surface area (Å²) in [6.45, 7) is 13.2. The molecule has 1 aliphatic rings. The van der Waals surface area contributed by atoms with Gasteiger partial charge in [-0.25, -0.2) is 0 Å². The monoisotopic (exact) mass is 414 g/mol. The molecule has 1 aliphatic heterocycles. The lowest BCUT2D eigenvalue weighted by molar-refractivity contribution is 0.0375. The Labute approximate surface area is 185 Å². The van der Waals surface area contributed by atoms with Crippen LogP contribution in [-0.4, -0.2) is 12.5 Å². The molecule has 0 saturated carbocycles. The maximum Gasteiger partial charge on any atom is 0.327 e. The number of hydrogen-bond acceptors (Lipinski definition) is 2. The molecular formula is C27H31BOS. The highest BCUT2D eigenvalue weighted by atomic mass is 32.1. The number of rotatable bonds is 2. The summed E-state index contributed by atoms with van der Waals surface area (Å²) in [5, 5.41) is 2.70. The van der Waals surface area contributed by atoms with Crippen molar-refractivity contribution in [1.82, 2.24) is 0 Å². The van der Waals surface area contributed by atoms with Crippen molar-refractivity contribution >= 4 is 43.9 Å². The van der Waals surface area contributed by atoms with E-state index in [4.69, 9.17) is 4.65 Å². The Balaban J connectivity index is 0.00000106. The summed E-state index contributed by atoms with van der Waals surface area (Å²) in [7, 11) is 0. The van der Waals surface area contributed by atoms with Crippen LogP contribution in [0.3, 0.4) is 0 Å². The van der Waals surface area contributed by atoms with Gasteiger partial charge in [-0.15, -0.1) is 11.3 Å². The van der Waals surface area contributed by atoms with Crippen molar-refractivity contribution in [2.45, 2.75) is 53.5 Å². The van der Waals surface area contributed by atoms with Crippen LogP contribution >= 0.6 is 11.3 Å². The molecule has 0 N–H and O–H groups in total. The third kappa shape index (κ3) is 3.59. The predicted octanol–water partition coefficient (Wildman–Crippen LogP) is 7.78. The van der Waals surface area contributed by atoms with Crippen LogP contribution in [0.15, 0.2) is 66.7 Å². The van der Waals surface area contributed by atoms with Gasteiger partial charge in [0.15, 0.2) is 0 Å². The lowest BCUT2D eigenvalue weighted by Crippen LogP contribution is -2.36. The van der Waals surface area contributed by atoms with E-state index in [1.807, 2.05) is 25.2 Å². The van der Waals surface area contributed by atoms with Gasteiger partial charge in [0, 0.05) is 20.2 Å². The van der Waals surface area contributed by atoms with Crippen LogP contribution in [-0.2, 0) is 4.65 Å². The summed E-state index contributed by atoms with van der Waals surface area (Å²) < 4.78 is 9.16. The molecule has 4 aromatic rings. The Morgan fingerprint density at radius 1 is 0.767 bits per heavy atom. The normalized spacial score (nSPS) is 17.2. The average Bonchev–Trinajstić information content (AvgIpc) is 3.22. The standard InChI is InChI=1S/C25H25BOS.C2H6/c1-24(2)16-26(27-25(24,3)4)19-9-7-8-17(14-19)18-12-13-21-20-10-5-6-11-22(20)28-23(21)15-18;1-2/h5-15H,16H2,1-4H3;1-2H3. The van der Waals surface area contributed by atoms with Gasteiger partial charge in [-0.2, -0.15) is 0 Å². The minimum atomic E-state index is -0.107. The largest absolute Gasteiger partial charge is 0.426 e. The van der Waals surface area contributed by atoms with Crippen LogP contribution in [0.5, 0.6) is 0 Å². The molecule has 3 aromatic carbocycles. The minimum Gasteiger partial charge on any atom is -0.426 e. The van der Waals surface area contributed by atoms with E-state index in [1.54, 1.807) is 0 Å². The molecule has 1 saturated heterocycles. The van der Waals surface area contributed by atoms with Crippen molar-refractivity contribution in [2.24, 2.45) is 5.41 Å². The van der Waals surface area contributed by atoms with Gasteiger partial charge in [0.2, 0.25) is 0 Å². The van der Waals surface area contributed by atoms with Crippen LogP contribution in [0, 0.1) is 5.41 Å². The van der Waals surface area contributed by atoms with Gasteiger partial charge in [-0.1, -0.05) is 82.3 Å². The molecule has 0 bridgehead atoms. The quantitative estimate of drug-likeness (QED) is 0.304. The van der Waals surface area contributed by atoms with Crippen molar-refractivity contribution in [3.63, 3.8) is 0 Å². The highest BCUT2D eigenvalue weighted by molar-refractivity contribution is 7.25. The summed E-state index contributed by atoms with van der Waals surface area (Å²) >= 11 is 1.87. The number of fused-ring (bicyclic) bond motifs is 3. The molecule has 0 spiro atoms. The van der Waals surface area contributed by atoms with Crippen molar-refractivity contribution in [1.29, 1.82) is 0 Å². The fraction of sp³-hybridized carbons (Fsp3) is 0.333. The molecule has 1 aromatic heterocycles. The van der Waals surface area contributed by atoms with Crippen molar-refractivity contribution in [2.75, 3.05) is 0 Å². The van der Waals surface area contributed by atoms with E-state index in [-0.39, 0.29) is 17.9 Å². The molecular weight excluding hydrogens is 383 g/mol.